The summed E-state index contributed by atoms with van der Waals surface area (Å²) < 4.78 is 8.74. The van der Waals surface area contributed by atoms with Gasteiger partial charge < -0.3 is 32.1 Å². The maximum absolute atomic E-state index is 9.54. The highest BCUT2D eigenvalue weighted by molar-refractivity contribution is 7.30. The second-order valence-corrected chi connectivity index (χ2v) is 3.35. The van der Waals surface area contributed by atoms with Gasteiger partial charge in [-0.1, -0.05) is 0 Å². The van der Waals surface area contributed by atoms with Gasteiger partial charge in [0.25, 0.3) is 0 Å². The van der Waals surface area contributed by atoms with Gasteiger partial charge >= 0.3 is 8.25 Å². The van der Waals surface area contributed by atoms with Gasteiger partial charge in [-0.25, -0.2) is 0 Å². The number of nitrogens with two attached hydrogens (primary N) is 3. The number of aliphatic hydroxyl groups is 1. The molecule has 0 amide bonds. The van der Waals surface area contributed by atoms with Crippen molar-refractivity contribution in [3.05, 3.63) is 0 Å². The molecule has 0 saturated heterocycles. The lowest BCUT2D eigenvalue weighted by molar-refractivity contribution is 0.0365. The van der Waals surface area contributed by atoms with Crippen LogP contribution >= 0.6 is 8.25 Å². The van der Waals surface area contributed by atoms with Crippen molar-refractivity contribution in [3.63, 3.8) is 0 Å². The third kappa shape index (κ3) is 12.0. The summed E-state index contributed by atoms with van der Waals surface area (Å²) in [6, 6.07) is 0. The van der Waals surface area contributed by atoms with Crippen molar-refractivity contribution in [1.29, 1.82) is 0 Å². The minimum atomic E-state index is -3.13. The average Bonchev–Trinajstić information content (AvgIpc) is 2.04. The maximum Gasteiger partial charge on any atom is 0.314 e. The molecule has 0 aliphatic heterocycles. The van der Waals surface area contributed by atoms with E-state index < -0.39 is 13.9 Å². The fourth-order valence-corrected chi connectivity index (χ4v) is 0.866. The monoisotopic (exact) mass is 229 g/mol. The van der Waals surface area contributed by atoms with E-state index in [1.165, 1.54) is 0 Å². The van der Waals surface area contributed by atoms with Gasteiger partial charge in [-0.2, -0.15) is 0 Å². The van der Waals surface area contributed by atoms with Crippen LogP contribution in [0.2, 0.25) is 0 Å². The van der Waals surface area contributed by atoms with Crippen LogP contribution in [0, 0.1) is 0 Å². The topological polar surface area (TPSA) is 156 Å². The quantitative estimate of drug-likeness (QED) is 0.290. The molecule has 7 nitrogen and oxygen atoms in total. The zero-order valence-electron chi connectivity index (χ0n) is 8.02. The summed E-state index contributed by atoms with van der Waals surface area (Å²) in [5, 5.41) is 9.54. The predicted octanol–water partition coefficient (Wildman–Crippen LogP) is -2.27. The molecule has 0 bridgehead atoms. The Labute approximate surface area is 83.9 Å². The van der Waals surface area contributed by atoms with Crippen molar-refractivity contribution < 1.29 is 19.5 Å². The zero-order valence-corrected chi connectivity index (χ0v) is 9.02. The third-order valence-electron chi connectivity index (χ3n) is 1.60. The molecule has 8 heteroatoms. The maximum atomic E-state index is 9.54. The van der Waals surface area contributed by atoms with E-state index in [0.717, 1.165) is 0 Å². The van der Waals surface area contributed by atoms with Crippen molar-refractivity contribution in [2.75, 3.05) is 19.6 Å². The fourth-order valence-electron chi connectivity index (χ4n) is 0.866. The molecule has 9 N–H and O–H groups in total. The van der Waals surface area contributed by atoms with Gasteiger partial charge in [-0.05, 0) is 25.9 Å². The molecule has 0 spiro atoms. The van der Waals surface area contributed by atoms with Crippen LogP contribution in [0.15, 0.2) is 0 Å². The van der Waals surface area contributed by atoms with Gasteiger partial charge in [-0.3, -0.25) is 4.57 Å². The van der Waals surface area contributed by atoms with E-state index in [4.69, 9.17) is 31.6 Å². The minimum absolute atomic E-state index is 0.237. The largest absolute Gasteiger partial charge is 0.388 e. The molecule has 14 heavy (non-hydrogen) atoms. The molecule has 0 aromatic rings. The molecule has 0 atom stereocenters. The van der Waals surface area contributed by atoms with E-state index in [-0.39, 0.29) is 6.54 Å². The summed E-state index contributed by atoms with van der Waals surface area (Å²) in [6.07, 6.45) is 1.06. The van der Waals surface area contributed by atoms with Crippen LogP contribution < -0.4 is 17.2 Å². The molecule has 0 aliphatic rings. The predicted molar refractivity (Wildman–Crippen MR) is 54.8 cm³/mol. The van der Waals surface area contributed by atoms with Crippen molar-refractivity contribution >= 4 is 8.25 Å². The highest BCUT2D eigenvalue weighted by Gasteiger charge is 2.22. The summed E-state index contributed by atoms with van der Waals surface area (Å²) in [6.45, 7) is 1.14. The molecular formula is C6H20N3O4P. The molecular weight excluding hydrogens is 209 g/mol. The van der Waals surface area contributed by atoms with Gasteiger partial charge in [0.05, 0.1) is 5.60 Å². The molecule has 0 aromatic heterocycles. The summed E-state index contributed by atoms with van der Waals surface area (Å²) in [7, 11) is -3.13. The Morgan fingerprint density at radius 2 is 1.36 bits per heavy atom. The first kappa shape index (κ1) is 16.4. The van der Waals surface area contributed by atoms with E-state index in [1.54, 1.807) is 0 Å². The lowest BCUT2D eigenvalue weighted by Crippen LogP contribution is -2.41. The molecule has 0 aliphatic carbocycles. The molecule has 0 unspecified atom stereocenters. The Kier molecular flexibility index (Phi) is 11.2. The fraction of sp³-hybridized carbons (Fsp3) is 1.00. The van der Waals surface area contributed by atoms with Gasteiger partial charge in [0, 0.05) is 6.54 Å². The standard InChI is InChI=1S/C6H17N3O.H3O3P/c7-3-1-6(10,5-9)2-4-8;1-4(2)3/h10H,1-5,7-9H2;4H,(H2,1,2,3). The van der Waals surface area contributed by atoms with E-state index in [9.17, 15) is 5.11 Å². The number of rotatable bonds is 5. The number of hydrogen-bond acceptors (Lipinski definition) is 5. The Balaban J connectivity index is 0. The Bertz CT molecular complexity index is 148. The SMILES string of the molecule is NCCC(O)(CN)CCN.O=[PH](O)O. The van der Waals surface area contributed by atoms with E-state index in [0.29, 0.717) is 25.9 Å². The molecule has 0 aromatic carbocycles. The minimum Gasteiger partial charge on any atom is -0.388 e. The Morgan fingerprint density at radius 3 is 1.50 bits per heavy atom. The first-order valence-corrected chi connectivity index (χ1v) is 5.46. The second-order valence-electron chi connectivity index (χ2n) is 2.79. The second kappa shape index (κ2) is 9.54. The first-order valence-electron chi connectivity index (χ1n) is 4.16. The summed E-state index contributed by atoms with van der Waals surface area (Å²) >= 11 is 0. The molecule has 0 radical (unpaired) electrons. The van der Waals surface area contributed by atoms with Crippen LogP contribution in [-0.4, -0.2) is 40.1 Å². The molecule has 88 valence electrons. The normalized spacial score (nSPS) is 11.1. The molecule has 0 saturated carbocycles. The first-order chi connectivity index (χ1) is 6.41. The smallest absolute Gasteiger partial charge is 0.314 e. The van der Waals surface area contributed by atoms with Gasteiger partial charge in [0.1, 0.15) is 0 Å². The van der Waals surface area contributed by atoms with E-state index in [2.05, 4.69) is 0 Å². The van der Waals surface area contributed by atoms with E-state index in [1.807, 2.05) is 0 Å². The van der Waals surface area contributed by atoms with Crippen LogP contribution in [0.1, 0.15) is 12.8 Å². The summed E-state index contributed by atoms with van der Waals surface area (Å²) in [5.74, 6) is 0. The van der Waals surface area contributed by atoms with Crippen molar-refractivity contribution in [1.82, 2.24) is 0 Å². The summed E-state index contributed by atoms with van der Waals surface area (Å²) in [5.41, 5.74) is 15.0. The van der Waals surface area contributed by atoms with Crippen LogP contribution in [0.3, 0.4) is 0 Å². The van der Waals surface area contributed by atoms with Crippen LogP contribution in [0.25, 0.3) is 0 Å². The molecule has 0 heterocycles. The van der Waals surface area contributed by atoms with Crippen LogP contribution in [0.4, 0.5) is 0 Å². The molecule has 0 rings (SSSR count). The van der Waals surface area contributed by atoms with Crippen LogP contribution in [0.5, 0.6) is 0 Å². The zero-order chi connectivity index (χ0) is 11.6. The number of hydrogen-bond donors (Lipinski definition) is 6. The van der Waals surface area contributed by atoms with Gasteiger partial charge in [-0.15, -0.1) is 0 Å². The van der Waals surface area contributed by atoms with Crippen LogP contribution in [-0.2, 0) is 4.57 Å². The van der Waals surface area contributed by atoms with Gasteiger partial charge in [0.15, 0.2) is 0 Å². The Morgan fingerprint density at radius 1 is 1.07 bits per heavy atom. The van der Waals surface area contributed by atoms with Crippen molar-refractivity contribution in [3.8, 4) is 0 Å². The van der Waals surface area contributed by atoms with Crippen molar-refractivity contribution in [2.24, 2.45) is 17.2 Å². The van der Waals surface area contributed by atoms with Gasteiger partial charge in [0.2, 0.25) is 0 Å². The molecule has 0 fully saturated rings. The lowest BCUT2D eigenvalue weighted by Gasteiger charge is -2.24. The Hall–Kier alpha value is -0.0100. The van der Waals surface area contributed by atoms with E-state index >= 15 is 0 Å². The highest BCUT2D eigenvalue weighted by atomic mass is 31.1. The van der Waals surface area contributed by atoms with Crippen molar-refractivity contribution in [2.45, 2.75) is 18.4 Å². The summed E-state index contributed by atoms with van der Waals surface area (Å²) in [4.78, 5) is 14.3. The highest BCUT2D eigenvalue weighted by Crippen LogP contribution is 2.10. The third-order valence-corrected chi connectivity index (χ3v) is 1.60. The lowest BCUT2D eigenvalue weighted by atomic mass is 9.96. The average molecular weight is 229 g/mol.